The van der Waals surface area contributed by atoms with Crippen molar-refractivity contribution < 1.29 is 18.2 Å². The van der Waals surface area contributed by atoms with Crippen LogP contribution in [0.3, 0.4) is 0 Å². The Morgan fingerprint density at radius 2 is 1.63 bits per heavy atom. The number of aryl methyl sites for hydroxylation is 4. The summed E-state index contributed by atoms with van der Waals surface area (Å²) < 4.78 is 33.9. The molecule has 3 heterocycles. The first kappa shape index (κ1) is 18.0. The Labute approximate surface area is 158 Å². The van der Waals surface area contributed by atoms with Gasteiger partial charge in [0, 0.05) is 25.0 Å². The number of phenolic OH excluding ortho intramolecular Hbond substituents is 1. The number of allylic oxidation sites excluding steroid dienone is 1. The van der Waals surface area contributed by atoms with E-state index in [0.29, 0.717) is 29.2 Å². The fraction of sp³-hybridized carbons (Fsp3) is 0.381. The summed E-state index contributed by atoms with van der Waals surface area (Å²) in [5.74, 6) is 0.218. The number of aromatic nitrogens is 1. The highest BCUT2D eigenvalue weighted by Gasteiger charge is 2.56. The zero-order valence-corrected chi connectivity index (χ0v) is 16.7. The highest BCUT2D eigenvalue weighted by atomic mass is 19.2. The van der Waals surface area contributed by atoms with E-state index in [4.69, 9.17) is 0 Å². The van der Waals surface area contributed by atoms with Crippen molar-refractivity contribution in [2.45, 2.75) is 48.0 Å². The summed E-state index contributed by atoms with van der Waals surface area (Å²) in [6.07, 6.45) is 0.634. The fourth-order valence-corrected chi connectivity index (χ4v) is 5.23. The van der Waals surface area contributed by atoms with Crippen molar-refractivity contribution in [1.82, 2.24) is 4.48 Å². The molecular formula is C21H25BF2N2O. The third kappa shape index (κ3) is 2.28. The molecule has 0 spiro atoms. The highest BCUT2D eigenvalue weighted by molar-refractivity contribution is 6.58. The van der Waals surface area contributed by atoms with E-state index >= 15 is 8.63 Å². The van der Waals surface area contributed by atoms with Gasteiger partial charge in [-0.2, -0.15) is 0 Å². The lowest BCUT2D eigenvalue weighted by molar-refractivity contribution is -0.370. The van der Waals surface area contributed by atoms with Crippen LogP contribution < -0.4 is 0 Å². The Hall–Kier alpha value is -2.37. The number of rotatable bonds is 1. The van der Waals surface area contributed by atoms with Crippen molar-refractivity contribution >= 4 is 18.3 Å². The zero-order chi connectivity index (χ0) is 19.8. The smallest absolute Gasteiger partial charge is 0.508 e. The fourth-order valence-electron chi connectivity index (χ4n) is 5.23. The first-order valence-electron chi connectivity index (χ1n) is 9.43. The van der Waals surface area contributed by atoms with Crippen molar-refractivity contribution in [3.05, 3.63) is 57.5 Å². The lowest BCUT2D eigenvalue weighted by Crippen LogP contribution is -2.51. The summed E-state index contributed by atoms with van der Waals surface area (Å²) in [7, 11) is 0. The molecule has 1 aromatic carbocycles. The molecule has 1 N–H and O–H groups in total. The molecule has 0 aliphatic carbocycles. The zero-order valence-electron chi connectivity index (χ0n) is 16.7. The molecule has 142 valence electrons. The molecule has 4 rings (SSSR count). The van der Waals surface area contributed by atoms with Crippen LogP contribution in [0.4, 0.5) is 8.63 Å². The standard InChI is InChI=1S/C21H25BF2N2O/c1-11-9-17(27)10-12(2)18(11)19-20-13(3)7-15(5)25(20)22(23,24)26-16(6)8-14(4)21(19)26/h7,9-10,14,27H,8H2,1-6H3. The van der Waals surface area contributed by atoms with Crippen LogP contribution >= 0.6 is 0 Å². The Bertz CT molecular complexity index is 1040. The molecule has 1 unspecified atom stereocenters. The Morgan fingerprint density at radius 3 is 2.22 bits per heavy atom. The molecule has 27 heavy (non-hydrogen) atoms. The molecule has 2 aliphatic heterocycles. The van der Waals surface area contributed by atoms with Gasteiger partial charge < -0.3 is 22.7 Å². The van der Waals surface area contributed by atoms with E-state index in [9.17, 15) is 5.11 Å². The molecule has 2 aliphatic rings. The Morgan fingerprint density at radius 1 is 1.04 bits per heavy atom. The molecular weight excluding hydrogens is 345 g/mol. The molecule has 1 aromatic heterocycles. The minimum atomic E-state index is -3.92. The molecule has 6 heteroatoms. The van der Waals surface area contributed by atoms with E-state index in [2.05, 4.69) is 0 Å². The van der Waals surface area contributed by atoms with Crippen molar-refractivity contribution in [1.29, 1.82) is 0 Å². The second-order valence-corrected chi connectivity index (χ2v) is 8.20. The van der Waals surface area contributed by atoms with Gasteiger partial charge >= 0.3 is 6.97 Å². The molecule has 3 nitrogen and oxygen atoms in total. The van der Waals surface area contributed by atoms with Gasteiger partial charge in [0.15, 0.2) is 0 Å². The number of aromatic hydroxyl groups is 1. The second-order valence-electron chi connectivity index (χ2n) is 8.20. The number of halogens is 2. The van der Waals surface area contributed by atoms with Crippen LogP contribution in [0.5, 0.6) is 5.75 Å². The van der Waals surface area contributed by atoms with E-state index in [1.54, 1.807) is 19.1 Å². The van der Waals surface area contributed by atoms with Gasteiger partial charge in [-0.3, -0.25) is 0 Å². The van der Waals surface area contributed by atoms with E-state index in [1.165, 1.54) is 8.96 Å². The SMILES string of the molecule is CC1=[N+]2C(=C(c3c(C)cc(O)cc3C)c3c(C)cc(C)n3[B-]2(F)F)C(C)C1. The maximum Gasteiger partial charge on any atom is 0.736 e. The highest BCUT2D eigenvalue weighted by Crippen LogP contribution is 2.47. The molecule has 1 atom stereocenters. The van der Waals surface area contributed by atoms with Crippen LogP contribution in [0, 0.1) is 33.6 Å². The van der Waals surface area contributed by atoms with Gasteiger partial charge in [-0.1, -0.05) is 6.92 Å². The number of phenols is 1. The molecule has 0 saturated carbocycles. The van der Waals surface area contributed by atoms with Crippen molar-refractivity contribution in [3.63, 3.8) is 0 Å². The summed E-state index contributed by atoms with van der Waals surface area (Å²) in [4.78, 5) is 0. The quantitative estimate of drug-likeness (QED) is 0.708. The molecule has 0 fully saturated rings. The van der Waals surface area contributed by atoms with Gasteiger partial charge in [-0.15, -0.1) is 0 Å². The van der Waals surface area contributed by atoms with Crippen molar-refractivity contribution in [3.8, 4) is 5.75 Å². The van der Waals surface area contributed by atoms with Gasteiger partial charge in [0.1, 0.15) is 17.2 Å². The van der Waals surface area contributed by atoms with Crippen LogP contribution in [0.1, 0.15) is 53.9 Å². The average Bonchev–Trinajstić information content (AvgIpc) is 2.99. The maximum atomic E-state index is 15.7. The normalized spacial score (nSPS) is 21.0. The van der Waals surface area contributed by atoms with Crippen LogP contribution in [0.25, 0.3) is 5.57 Å². The first-order chi connectivity index (χ1) is 12.6. The minimum absolute atomic E-state index is 0.0173. The van der Waals surface area contributed by atoms with E-state index in [-0.39, 0.29) is 11.7 Å². The van der Waals surface area contributed by atoms with E-state index < -0.39 is 6.97 Å². The van der Waals surface area contributed by atoms with Crippen molar-refractivity contribution in [2.24, 2.45) is 5.92 Å². The monoisotopic (exact) mass is 370 g/mol. The summed E-state index contributed by atoms with van der Waals surface area (Å²) in [5, 5.41) is 9.98. The number of hydrogen-bond donors (Lipinski definition) is 1. The minimum Gasteiger partial charge on any atom is -0.508 e. The third-order valence-electron chi connectivity index (χ3n) is 6.04. The van der Waals surface area contributed by atoms with Crippen LogP contribution in [-0.2, 0) is 0 Å². The number of nitrogens with zero attached hydrogens (tertiary/aromatic N) is 2. The summed E-state index contributed by atoms with van der Waals surface area (Å²) >= 11 is 0. The predicted octanol–water partition coefficient (Wildman–Crippen LogP) is 4.94. The second kappa shape index (κ2) is 5.57. The molecule has 0 saturated heterocycles. The summed E-state index contributed by atoms with van der Waals surface area (Å²) in [6, 6.07) is 5.27. The lowest BCUT2D eigenvalue weighted by Gasteiger charge is -2.35. The Kier molecular flexibility index (Phi) is 3.72. The number of benzene rings is 1. The van der Waals surface area contributed by atoms with Gasteiger partial charge in [0.05, 0.1) is 5.57 Å². The lowest BCUT2D eigenvalue weighted by atomic mass is 9.81. The van der Waals surface area contributed by atoms with Gasteiger partial charge in [-0.05, 0) is 73.8 Å². The predicted molar refractivity (Wildman–Crippen MR) is 106 cm³/mol. The summed E-state index contributed by atoms with van der Waals surface area (Å²) in [6.45, 7) is 7.44. The summed E-state index contributed by atoms with van der Waals surface area (Å²) in [5.41, 5.74) is 7.10. The van der Waals surface area contributed by atoms with Crippen LogP contribution in [0.15, 0.2) is 23.9 Å². The number of hydrogen-bond acceptors (Lipinski definition) is 1. The van der Waals surface area contributed by atoms with Crippen LogP contribution in [0.2, 0.25) is 0 Å². The maximum absolute atomic E-state index is 15.7. The van der Waals surface area contributed by atoms with Gasteiger partial charge in [-0.25, -0.2) is 0 Å². The van der Waals surface area contributed by atoms with Gasteiger partial charge in [0.2, 0.25) is 0 Å². The van der Waals surface area contributed by atoms with Crippen molar-refractivity contribution in [2.75, 3.05) is 0 Å². The molecule has 0 bridgehead atoms. The molecule has 2 aromatic rings. The van der Waals surface area contributed by atoms with Gasteiger partial charge in [0.25, 0.3) is 0 Å². The average molecular weight is 370 g/mol. The van der Waals surface area contributed by atoms with E-state index in [0.717, 1.165) is 27.8 Å². The first-order valence-corrected chi connectivity index (χ1v) is 9.43. The topological polar surface area (TPSA) is 28.2 Å². The van der Waals surface area contributed by atoms with E-state index in [1.807, 2.05) is 40.7 Å². The largest absolute Gasteiger partial charge is 0.736 e. The Balaban J connectivity index is 2.21. The van der Waals surface area contributed by atoms with Crippen LogP contribution in [-0.4, -0.2) is 26.8 Å². The number of fused-ring (bicyclic) bond motifs is 2. The molecule has 0 radical (unpaired) electrons. The third-order valence-corrected chi connectivity index (χ3v) is 6.04. The molecule has 0 amide bonds.